The first-order valence-corrected chi connectivity index (χ1v) is 10.7. The number of benzene rings is 3. The van der Waals surface area contributed by atoms with Gasteiger partial charge in [0.1, 0.15) is 11.6 Å². The molecule has 156 valence electrons. The van der Waals surface area contributed by atoms with Crippen molar-refractivity contribution in [2.45, 2.75) is 18.7 Å². The summed E-state index contributed by atoms with van der Waals surface area (Å²) in [6, 6.07) is 16.4. The summed E-state index contributed by atoms with van der Waals surface area (Å²) in [7, 11) is -3.82. The Morgan fingerprint density at radius 3 is 2.20 bits per heavy atom. The first kappa shape index (κ1) is 21.3. The molecule has 0 aliphatic rings. The molecule has 8 heteroatoms. The average Bonchev–Trinajstić information content (AvgIpc) is 2.72. The van der Waals surface area contributed by atoms with Gasteiger partial charge in [0.2, 0.25) is 0 Å². The van der Waals surface area contributed by atoms with Gasteiger partial charge < -0.3 is 10.1 Å². The van der Waals surface area contributed by atoms with Crippen molar-refractivity contribution in [3.05, 3.63) is 83.7 Å². The van der Waals surface area contributed by atoms with E-state index >= 15 is 0 Å². The van der Waals surface area contributed by atoms with Crippen molar-refractivity contribution in [1.82, 2.24) is 0 Å². The number of anilines is 2. The van der Waals surface area contributed by atoms with Crippen LogP contribution in [0.25, 0.3) is 0 Å². The van der Waals surface area contributed by atoms with E-state index in [1.54, 1.807) is 43.3 Å². The van der Waals surface area contributed by atoms with Gasteiger partial charge in [-0.25, -0.2) is 12.8 Å². The van der Waals surface area contributed by atoms with E-state index in [1.165, 1.54) is 30.3 Å². The largest absolute Gasteiger partial charge is 0.494 e. The molecule has 3 rings (SSSR count). The molecule has 0 atom stereocenters. The minimum absolute atomic E-state index is 0.00863. The van der Waals surface area contributed by atoms with Crippen molar-refractivity contribution >= 4 is 27.3 Å². The molecule has 0 spiro atoms. The normalized spacial score (nSPS) is 11.0. The number of carbonyl (C=O) groups is 1. The highest BCUT2D eigenvalue weighted by Gasteiger charge is 2.16. The summed E-state index contributed by atoms with van der Waals surface area (Å²) in [6.45, 7) is 4.00. The Kier molecular flexibility index (Phi) is 6.37. The van der Waals surface area contributed by atoms with Crippen molar-refractivity contribution in [3.63, 3.8) is 0 Å². The maximum atomic E-state index is 13.6. The van der Waals surface area contributed by atoms with Crippen molar-refractivity contribution in [1.29, 1.82) is 0 Å². The molecular weight excluding hydrogens is 407 g/mol. The third-order valence-electron chi connectivity index (χ3n) is 4.27. The molecule has 0 radical (unpaired) electrons. The molecule has 0 aromatic heterocycles. The predicted octanol–water partition coefficient (Wildman–Crippen LogP) is 4.59. The summed E-state index contributed by atoms with van der Waals surface area (Å²) in [5, 5.41) is 2.58. The lowest BCUT2D eigenvalue weighted by Crippen LogP contribution is -2.15. The fourth-order valence-corrected chi connectivity index (χ4v) is 3.72. The van der Waals surface area contributed by atoms with Crippen molar-refractivity contribution in [2.75, 3.05) is 16.6 Å². The fraction of sp³-hybridized carbons (Fsp3) is 0.136. The van der Waals surface area contributed by atoms with Gasteiger partial charge in [0.25, 0.3) is 15.9 Å². The molecule has 0 saturated carbocycles. The van der Waals surface area contributed by atoms with Crippen LogP contribution in [0.15, 0.2) is 71.6 Å². The Morgan fingerprint density at radius 1 is 0.967 bits per heavy atom. The summed E-state index contributed by atoms with van der Waals surface area (Å²) in [4.78, 5) is 12.3. The molecule has 0 fully saturated rings. The second-order valence-electron chi connectivity index (χ2n) is 6.51. The van der Waals surface area contributed by atoms with E-state index in [1.807, 2.05) is 6.92 Å². The van der Waals surface area contributed by atoms with E-state index in [-0.39, 0.29) is 10.5 Å². The highest BCUT2D eigenvalue weighted by atomic mass is 32.2. The summed E-state index contributed by atoms with van der Waals surface area (Å²) in [6.07, 6.45) is 0. The molecule has 0 aliphatic carbocycles. The maximum Gasteiger partial charge on any atom is 0.261 e. The van der Waals surface area contributed by atoms with Crippen LogP contribution in [0.3, 0.4) is 0 Å². The molecule has 0 aliphatic heterocycles. The lowest BCUT2D eigenvalue weighted by atomic mass is 10.2. The van der Waals surface area contributed by atoms with E-state index in [0.717, 1.165) is 0 Å². The Labute approximate surface area is 174 Å². The quantitative estimate of drug-likeness (QED) is 0.577. The van der Waals surface area contributed by atoms with Gasteiger partial charge in [0.05, 0.1) is 11.5 Å². The first-order chi connectivity index (χ1) is 14.3. The van der Waals surface area contributed by atoms with E-state index in [2.05, 4.69) is 10.0 Å². The topological polar surface area (TPSA) is 84.5 Å². The molecule has 0 heterocycles. The SMILES string of the molecule is CCOc1ccc(NS(=O)(=O)c2ccc(C(=O)Nc3ccc(C)c(F)c3)cc2)cc1. The monoisotopic (exact) mass is 428 g/mol. The molecule has 0 bridgehead atoms. The number of aryl methyl sites for hydroxylation is 1. The zero-order valence-electron chi connectivity index (χ0n) is 16.5. The van der Waals surface area contributed by atoms with Crippen molar-refractivity contribution in [3.8, 4) is 5.75 Å². The van der Waals surface area contributed by atoms with Crippen LogP contribution in [0.2, 0.25) is 0 Å². The second kappa shape index (κ2) is 8.96. The first-order valence-electron chi connectivity index (χ1n) is 9.22. The Balaban J connectivity index is 1.70. The molecule has 0 saturated heterocycles. The third-order valence-corrected chi connectivity index (χ3v) is 5.67. The molecular formula is C22H21FN2O4S. The number of ether oxygens (including phenoxy) is 1. The van der Waals surface area contributed by atoms with Crippen LogP contribution >= 0.6 is 0 Å². The molecule has 6 nitrogen and oxygen atoms in total. The average molecular weight is 428 g/mol. The molecule has 1 amide bonds. The summed E-state index contributed by atoms with van der Waals surface area (Å²) >= 11 is 0. The van der Waals surface area contributed by atoms with Gasteiger partial charge >= 0.3 is 0 Å². The molecule has 30 heavy (non-hydrogen) atoms. The molecule has 3 aromatic carbocycles. The number of hydrogen-bond acceptors (Lipinski definition) is 4. The number of sulfonamides is 1. The fourth-order valence-electron chi connectivity index (χ4n) is 2.66. The minimum Gasteiger partial charge on any atom is -0.494 e. The Hall–Kier alpha value is -3.39. The molecule has 2 N–H and O–H groups in total. The van der Waals surface area contributed by atoms with Gasteiger partial charge in [-0.15, -0.1) is 0 Å². The predicted molar refractivity (Wildman–Crippen MR) is 114 cm³/mol. The zero-order valence-corrected chi connectivity index (χ0v) is 17.3. The van der Waals surface area contributed by atoms with Gasteiger partial charge in [0.15, 0.2) is 0 Å². The van der Waals surface area contributed by atoms with Gasteiger partial charge in [-0.3, -0.25) is 9.52 Å². The highest BCUT2D eigenvalue weighted by molar-refractivity contribution is 7.92. The minimum atomic E-state index is -3.82. The van der Waals surface area contributed by atoms with Crippen LogP contribution in [0, 0.1) is 12.7 Å². The van der Waals surface area contributed by atoms with E-state index in [4.69, 9.17) is 4.74 Å². The lowest BCUT2D eigenvalue weighted by molar-refractivity contribution is 0.102. The Morgan fingerprint density at radius 2 is 1.60 bits per heavy atom. The number of rotatable bonds is 7. The number of carbonyl (C=O) groups excluding carboxylic acids is 1. The lowest BCUT2D eigenvalue weighted by Gasteiger charge is -2.10. The second-order valence-corrected chi connectivity index (χ2v) is 8.19. The van der Waals surface area contributed by atoms with Gasteiger partial charge in [-0.05, 0) is 80.1 Å². The Bertz CT molecular complexity index is 1140. The van der Waals surface area contributed by atoms with E-state index in [0.29, 0.717) is 29.3 Å². The summed E-state index contributed by atoms with van der Waals surface area (Å²) in [5.74, 6) is -0.249. The smallest absolute Gasteiger partial charge is 0.261 e. The van der Waals surface area contributed by atoms with E-state index in [9.17, 15) is 17.6 Å². The van der Waals surface area contributed by atoms with Crippen LogP contribution in [-0.2, 0) is 10.0 Å². The van der Waals surface area contributed by atoms with Crippen LogP contribution < -0.4 is 14.8 Å². The number of nitrogens with one attached hydrogen (secondary N) is 2. The number of hydrogen-bond donors (Lipinski definition) is 2. The molecule has 0 unspecified atom stereocenters. The van der Waals surface area contributed by atoms with Gasteiger partial charge in [-0.2, -0.15) is 0 Å². The van der Waals surface area contributed by atoms with Gasteiger partial charge in [-0.1, -0.05) is 6.07 Å². The number of halogens is 1. The van der Waals surface area contributed by atoms with Crippen molar-refractivity contribution in [2.24, 2.45) is 0 Å². The summed E-state index contributed by atoms with van der Waals surface area (Å²) in [5.41, 5.74) is 1.43. The molecule has 3 aromatic rings. The summed E-state index contributed by atoms with van der Waals surface area (Å²) < 4.78 is 46.6. The number of amides is 1. The van der Waals surface area contributed by atoms with Crippen LogP contribution in [-0.4, -0.2) is 20.9 Å². The van der Waals surface area contributed by atoms with E-state index < -0.39 is 21.7 Å². The maximum absolute atomic E-state index is 13.6. The van der Waals surface area contributed by atoms with Crippen LogP contribution in [0.5, 0.6) is 5.75 Å². The van der Waals surface area contributed by atoms with Crippen LogP contribution in [0.1, 0.15) is 22.8 Å². The third kappa shape index (κ3) is 5.15. The highest BCUT2D eigenvalue weighted by Crippen LogP contribution is 2.20. The van der Waals surface area contributed by atoms with Crippen molar-refractivity contribution < 1.29 is 22.3 Å². The van der Waals surface area contributed by atoms with Crippen LogP contribution in [0.4, 0.5) is 15.8 Å². The standard InChI is InChI=1S/C22H21FN2O4S/c1-3-29-19-10-8-17(9-11-19)25-30(27,28)20-12-5-16(6-13-20)22(26)24-18-7-4-15(2)21(23)14-18/h4-14,25H,3H2,1-2H3,(H,24,26). The zero-order chi connectivity index (χ0) is 21.7. The van der Waals surface area contributed by atoms with Gasteiger partial charge in [0, 0.05) is 16.9 Å².